The molecule has 6 nitrogen and oxygen atoms in total. The monoisotopic (exact) mass is 373 g/mol. The number of carbonyl (C=O) groups excluding carboxylic acids is 1. The van der Waals surface area contributed by atoms with Crippen LogP contribution in [0.25, 0.3) is 0 Å². The third-order valence-corrected chi connectivity index (χ3v) is 4.89. The van der Waals surface area contributed by atoms with Crippen LogP contribution in [-0.2, 0) is 4.79 Å². The minimum atomic E-state index is -2.43. The van der Waals surface area contributed by atoms with Crippen LogP contribution in [0.4, 0.5) is 25.0 Å². The van der Waals surface area contributed by atoms with E-state index in [1.807, 2.05) is 0 Å². The number of rotatable bonds is 6. The van der Waals surface area contributed by atoms with E-state index in [9.17, 15) is 18.4 Å². The van der Waals surface area contributed by atoms with Gasteiger partial charge in [-0.25, -0.2) is 13.6 Å². The summed E-state index contributed by atoms with van der Waals surface area (Å²) in [5.41, 5.74) is 1.16. The van der Waals surface area contributed by atoms with Crippen molar-refractivity contribution in [3.8, 4) is 0 Å². The standard InChI is InChI=1S/C16H21F2N3O3S/c1-10(15(22)23)8-20(2)16(24)19-11-3-4-13-12(7-11)21(5-6-25-13)9-14(17)18/h3-4,7,10,14H,5-6,8-9H2,1-2H3,(H,19,24)(H,22,23). The number of amides is 2. The van der Waals surface area contributed by atoms with Gasteiger partial charge in [0.25, 0.3) is 6.43 Å². The van der Waals surface area contributed by atoms with Gasteiger partial charge in [0.05, 0.1) is 18.2 Å². The van der Waals surface area contributed by atoms with E-state index in [4.69, 9.17) is 5.11 Å². The first-order valence-corrected chi connectivity index (χ1v) is 8.81. The molecule has 25 heavy (non-hydrogen) atoms. The van der Waals surface area contributed by atoms with Gasteiger partial charge in [-0.3, -0.25) is 4.79 Å². The van der Waals surface area contributed by atoms with Crippen LogP contribution in [0.15, 0.2) is 23.1 Å². The van der Waals surface area contributed by atoms with Gasteiger partial charge in [0.1, 0.15) is 0 Å². The Hall–Kier alpha value is -2.03. The number of benzene rings is 1. The molecule has 1 aliphatic rings. The third-order valence-electron chi connectivity index (χ3n) is 3.84. The highest BCUT2D eigenvalue weighted by molar-refractivity contribution is 7.99. The lowest BCUT2D eigenvalue weighted by molar-refractivity contribution is -0.141. The van der Waals surface area contributed by atoms with Gasteiger partial charge in [-0.2, -0.15) is 0 Å². The molecule has 0 aromatic heterocycles. The molecule has 1 aliphatic heterocycles. The van der Waals surface area contributed by atoms with Gasteiger partial charge >= 0.3 is 12.0 Å². The number of carbonyl (C=O) groups is 2. The van der Waals surface area contributed by atoms with Crippen molar-refractivity contribution in [1.82, 2.24) is 4.90 Å². The maximum absolute atomic E-state index is 12.7. The van der Waals surface area contributed by atoms with Crippen LogP contribution in [0, 0.1) is 5.92 Å². The van der Waals surface area contributed by atoms with E-state index in [0.717, 1.165) is 10.6 Å². The molecule has 9 heteroatoms. The highest BCUT2D eigenvalue weighted by atomic mass is 32.2. The lowest BCUT2D eigenvalue weighted by Gasteiger charge is -2.31. The Kier molecular flexibility index (Phi) is 6.46. The Labute approximate surface area is 149 Å². The van der Waals surface area contributed by atoms with E-state index in [0.29, 0.717) is 17.9 Å². The van der Waals surface area contributed by atoms with Crippen molar-refractivity contribution in [1.29, 1.82) is 0 Å². The molecule has 0 saturated heterocycles. The second-order valence-corrected chi connectivity index (χ2v) is 7.05. The van der Waals surface area contributed by atoms with Crippen molar-refractivity contribution in [3.63, 3.8) is 0 Å². The average molecular weight is 373 g/mol. The second kappa shape index (κ2) is 8.37. The number of nitrogens with one attached hydrogen (secondary N) is 1. The number of aliphatic carboxylic acids is 1. The maximum Gasteiger partial charge on any atom is 0.321 e. The molecular weight excluding hydrogens is 352 g/mol. The van der Waals surface area contributed by atoms with E-state index in [1.165, 1.54) is 18.9 Å². The number of carboxylic acid groups (broad SMARTS) is 1. The van der Waals surface area contributed by atoms with Crippen molar-refractivity contribution in [3.05, 3.63) is 18.2 Å². The number of hydrogen-bond acceptors (Lipinski definition) is 4. The average Bonchev–Trinajstić information content (AvgIpc) is 2.54. The molecule has 2 amide bonds. The first-order chi connectivity index (χ1) is 11.8. The molecule has 1 heterocycles. The summed E-state index contributed by atoms with van der Waals surface area (Å²) in [6.45, 7) is 1.76. The third kappa shape index (κ3) is 5.22. The molecule has 1 aromatic carbocycles. The summed E-state index contributed by atoms with van der Waals surface area (Å²) < 4.78 is 25.5. The Morgan fingerprint density at radius 2 is 2.16 bits per heavy atom. The molecule has 1 aromatic rings. The molecule has 0 saturated carbocycles. The van der Waals surface area contributed by atoms with Gasteiger partial charge < -0.3 is 20.2 Å². The minimum Gasteiger partial charge on any atom is -0.481 e. The van der Waals surface area contributed by atoms with Crippen molar-refractivity contribution < 1.29 is 23.5 Å². The number of thioether (sulfide) groups is 1. The quantitative estimate of drug-likeness (QED) is 0.802. The number of alkyl halides is 2. The molecule has 1 unspecified atom stereocenters. The van der Waals surface area contributed by atoms with E-state index < -0.39 is 24.3 Å². The number of anilines is 2. The minimum absolute atomic E-state index is 0.0689. The van der Waals surface area contributed by atoms with Crippen LogP contribution >= 0.6 is 11.8 Å². The predicted octanol–water partition coefficient (Wildman–Crippen LogP) is 3.05. The molecule has 138 valence electrons. The Balaban J connectivity index is 2.08. The van der Waals surface area contributed by atoms with Crippen LogP contribution in [-0.4, -0.2) is 60.9 Å². The van der Waals surface area contributed by atoms with Crippen molar-refractivity contribution in [2.75, 3.05) is 42.7 Å². The van der Waals surface area contributed by atoms with Gasteiger partial charge in [-0.05, 0) is 18.2 Å². The summed E-state index contributed by atoms with van der Waals surface area (Å²) in [5.74, 6) is -0.924. The number of carboxylic acids is 1. The number of nitrogens with zero attached hydrogens (tertiary/aromatic N) is 2. The molecule has 2 rings (SSSR count). The van der Waals surface area contributed by atoms with Crippen LogP contribution in [0.5, 0.6) is 0 Å². The first kappa shape index (κ1) is 19.3. The molecule has 0 spiro atoms. The number of fused-ring (bicyclic) bond motifs is 1. The van der Waals surface area contributed by atoms with Gasteiger partial charge in [0.2, 0.25) is 0 Å². The lowest BCUT2D eigenvalue weighted by atomic mass is 10.2. The normalized spacial score (nSPS) is 14.8. The van der Waals surface area contributed by atoms with E-state index >= 15 is 0 Å². The van der Waals surface area contributed by atoms with Crippen molar-refractivity contribution >= 4 is 35.1 Å². The van der Waals surface area contributed by atoms with Crippen molar-refractivity contribution in [2.24, 2.45) is 5.92 Å². The molecular formula is C16H21F2N3O3S. The lowest BCUT2D eigenvalue weighted by Crippen LogP contribution is -2.37. The second-order valence-electron chi connectivity index (χ2n) is 5.92. The van der Waals surface area contributed by atoms with Crippen LogP contribution in [0.1, 0.15) is 6.92 Å². The van der Waals surface area contributed by atoms with Gasteiger partial charge in [0.15, 0.2) is 0 Å². The molecule has 0 aliphatic carbocycles. The zero-order valence-electron chi connectivity index (χ0n) is 14.0. The van der Waals surface area contributed by atoms with Crippen LogP contribution in [0.2, 0.25) is 0 Å². The summed E-state index contributed by atoms with van der Waals surface area (Å²) in [5, 5.41) is 11.6. The van der Waals surface area contributed by atoms with Gasteiger partial charge in [-0.1, -0.05) is 6.92 Å². The number of urea groups is 1. The fourth-order valence-electron chi connectivity index (χ4n) is 2.50. The zero-order chi connectivity index (χ0) is 18.6. The van der Waals surface area contributed by atoms with Crippen LogP contribution < -0.4 is 10.2 Å². The Morgan fingerprint density at radius 3 is 2.80 bits per heavy atom. The Morgan fingerprint density at radius 1 is 1.44 bits per heavy atom. The van der Waals surface area contributed by atoms with Gasteiger partial charge in [0, 0.05) is 36.5 Å². The topological polar surface area (TPSA) is 72.9 Å². The summed E-state index contributed by atoms with van der Waals surface area (Å²) in [6, 6.07) is 4.74. The fraction of sp³-hybridized carbons (Fsp3) is 0.500. The number of hydrogen-bond donors (Lipinski definition) is 2. The zero-order valence-corrected chi connectivity index (χ0v) is 14.9. The summed E-state index contributed by atoms with van der Waals surface area (Å²) in [7, 11) is 1.51. The predicted molar refractivity (Wildman–Crippen MR) is 93.8 cm³/mol. The van der Waals surface area contributed by atoms with Crippen LogP contribution in [0.3, 0.4) is 0 Å². The van der Waals surface area contributed by atoms with E-state index in [2.05, 4.69) is 5.32 Å². The largest absolute Gasteiger partial charge is 0.481 e. The molecule has 1 atom stereocenters. The van der Waals surface area contributed by atoms with E-state index in [-0.39, 0.29) is 13.1 Å². The highest BCUT2D eigenvalue weighted by Gasteiger charge is 2.22. The smallest absolute Gasteiger partial charge is 0.321 e. The number of halogens is 2. The molecule has 2 N–H and O–H groups in total. The summed E-state index contributed by atoms with van der Waals surface area (Å²) >= 11 is 1.59. The highest BCUT2D eigenvalue weighted by Crippen LogP contribution is 2.36. The molecule has 0 fully saturated rings. The summed E-state index contributed by atoms with van der Waals surface area (Å²) in [6.07, 6.45) is -2.43. The fourth-order valence-corrected chi connectivity index (χ4v) is 3.53. The molecule has 0 bridgehead atoms. The SMILES string of the molecule is CC(CN(C)C(=O)Nc1ccc2c(c1)N(CC(F)F)CCS2)C(=O)O. The molecule has 0 radical (unpaired) electrons. The first-order valence-electron chi connectivity index (χ1n) is 7.82. The van der Waals surface area contributed by atoms with Crippen molar-refractivity contribution in [2.45, 2.75) is 18.2 Å². The Bertz CT molecular complexity index is 645. The van der Waals surface area contributed by atoms with Gasteiger partial charge in [-0.15, -0.1) is 11.8 Å². The summed E-state index contributed by atoms with van der Waals surface area (Å²) in [4.78, 5) is 26.8. The van der Waals surface area contributed by atoms with E-state index in [1.54, 1.807) is 34.9 Å². The maximum atomic E-state index is 12.7.